The first-order valence-electron chi connectivity index (χ1n) is 9.20. The van der Waals surface area contributed by atoms with Crippen molar-refractivity contribution in [2.45, 2.75) is 20.3 Å². The summed E-state index contributed by atoms with van der Waals surface area (Å²) in [6.45, 7) is 3.80. The Morgan fingerprint density at radius 1 is 0.966 bits per heavy atom. The molecule has 29 heavy (non-hydrogen) atoms. The van der Waals surface area contributed by atoms with Gasteiger partial charge < -0.3 is 15.4 Å². The molecule has 0 aliphatic heterocycles. The van der Waals surface area contributed by atoms with Crippen molar-refractivity contribution < 1.29 is 14.3 Å². The van der Waals surface area contributed by atoms with Crippen LogP contribution >= 0.6 is 0 Å². The third kappa shape index (κ3) is 5.16. The fourth-order valence-corrected chi connectivity index (χ4v) is 2.72. The maximum absolute atomic E-state index is 12.6. The van der Waals surface area contributed by atoms with Crippen LogP contribution in [0.2, 0.25) is 0 Å². The molecule has 7 heteroatoms. The molecule has 0 radical (unpaired) electrons. The number of nitrogens with zero attached hydrogens (tertiary/aromatic N) is 2. The average Bonchev–Trinajstić information content (AvgIpc) is 2.74. The van der Waals surface area contributed by atoms with Crippen LogP contribution in [0.25, 0.3) is 0 Å². The minimum absolute atomic E-state index is 0.255. The number of ether oxygens (including phenoxy) is 1. The zero-order chi connectivity index (χ0) is 20.8. The number of carbonyl (C=O) groups is 2. The van der Waals surface area contributed by atoms with Gasteiger partial charge >= 0.3 is 5.97 Å². The number of amides is 1. The lowest BCUT2D eigenvalue weighted by atomic mass is 10.1. The Bertz CT molecular complexity index is 1020. The molecule has 0 bridgehead atoms. The Hall–Kier alpha value is -3.74. The molecule has 0 fully saturated rings. The summed E-state index contributed by atoms with van der Waals surface area (Å²) in [5, 5.41) is 5.97. The quantitative estimate of drug-likeness (QED) is 0.615. The van der Waals surface area contributed by atoms with Crippen LogP contribution in [0.4, 0.5) is 17.2 Å². The van der Waals surface area contributed by atoms with Crippen LogP contribution in [0.3, 0.4) is 0 Å². The fraction of sp³-hybridized carbons (Fsp3) is 0.182. The Labute approximate surface area is 169 Å². The van der Waals surface area contributed by atoms with E-state index < -0.39 is 5.97 Å². The number of benzene rings is 2. The lowest BCUT2D eigenvalue weighted by Gasteiger charge is -2.10. The van der Waals surface area contributed by atoms with Crippen molar-refractivity contribution in [3.05, 3.63) is 77.2 Å². The predicted octanol–water partition coefficient (Wildman–Crippen LogP) is 4.13. The van der Waals surface area contributed by atoms with Gasteiger partial charge in [0.2, 0.25) is 0 Å². The van der Waals surface area contributed by atoms with Crippen LogP contribution in [0, 0.1) is 6.92 Å². The van der Waals surface area contributed by atoms with Crippen LogP contribution in [-0.4, -0.2) is 29.0 Å². The van der Waals surface area contributed by atoms with Crippen molar-refractivity contribution in [2.24, 2.45) is 0 Å². The third-order valence-electron chi connectivity index (χ3n) is 4.27. The number of anilines is 3. The van der Waals surface area contributed by atoms with Crippen molar-refractivity contribution >= 4 is 29.1 Å². The molecule has 0 aliphatic rings. The van der Waals surface area contributed by atoms with Gasteiger partial charge in [0.15, 0.2) is 0 Å². The highest BCUT2D eigenvalue weighted by Gasteiger charge is 2.12. The van der Waals surface area contributed by atoms with E-state index >= 15 is 0 Å². The van der Waals surface area contributed by atoms with E-state index in [0.29, 0.717) is 22.9 Å². The number of hydrogen-bond acceptors (Lipinski definition) is 6. The van der Waals surface area contributed by atoms with Crippen LogP contribution in [0.1, 0.15) is 39.2 Å². The number of nitrogens with one attached hydrogen (secondary N) is 2. The van der Waals surface area contributed by atoms with Gasteiger partial charge in [-0.25, -0.2) is 14.8 Å². The van der Waals surface area contributed by atoms with Gasteiger partial charge in [-0.1, -0.05) is 19.1 Å². The first-order chi connectivity index (χ1) is 14.0. The Morgan fingerprint density at radius 2 is 1.62 bits per heavy atom. The smallest absolute Gasteiger partial charge is 0.337 e. The summed E-state index contributed by atoms with van der Waals surface area (Å²) in [6.07, 6.45) is 0.939. The molecule has 7 nitrogen and oxygen atoms in total. The first kappa shape index (κ1) is 20.0. The zero-order valence-electron chi connectivity index (χ0n) is 16.5. The molecule has 0 atom stereocenters. The molecule has 0 aliphatic carbocycles. The van der Waals surface area contributed by atoms with Gasteiger partial charge in [0.25, 0.3) is 5.91 Å². The molecule has 0 saturated heterocycles. The largest absolute Gasteiger partial charge is 0.465 e. The standard InChI is InChI=1S/C22H22N4O3/c1-4-15-5-9-18(10-6-15)26-21(27)19-13-20(24-14(2)23-19)25-17-11-7-16(8-12-17)22(28)29-3/h5-13H,4H2,1-3H3,(H,26,27)(H,23,24,25). The van der Waals surface area contributed by atoms with Crippen LogP contribution in [0.15, 0.2) is 54.6 Å². The normalized spacial score (nSPS) is 10.3. The summed E-state index contributed by atoms with van der Waals surface area (Å²) >= 11 is 0. The first-order valence-corrected chi connectivity index (χ1v) is 9.20. The van der Waals surface area contributed by atoms with Gasteiger partial charge in [-0.2, -0.15) is 0 Å². The number of esters is 1. The van der Waals surface area contributed by atoms with E-state index in [9.17, 15) is 9.59 Å². The molecule has 3 aromatic rings. The lowest BCUT2D eigenvalue weighted by molar-refractivity contribution is 0.0600. The second kappa shape index (κ2) is 8.97. The number of methoxy groups -OCH3 is 1. The molecule has 2 N–H and O–H groups in total. The molecule has 1 aromatic heterocycles. The van der Waals surface area contributed by atoms with E-state index in [1.54, 1.807) is 37.3 Å². The summed E-state index contributed by atoms with van der Waals surface area (Å²) in [7, 11) is 1.34. The molecular formula is C22H22N4O3. The number of aromatic nitrogens is 2. The minimum atomic E-state index is -0.402. The molecule has 0 unspecified atom stereocenters. The van der Waals surface area contributed by atoms with Crippen molar-refractivity contribution in [1.82, 2.24) is 9.97 Å². The predicted molar refractivity (Wildman–Crippen MR) is 112 cm³/mol. The summed E-state index contributed by atoms with van der Waals surface area (Å²) < 4.78 is 4.69. The summed E-state index contributed by atoms with van der Waals surface area (Å²) in [5.74, 6) is 0.228. The van der Waals surface area contributed by atoms with Gasteiger partial charge in [-0.3, -0.25) is 4.79 Å². The van der Waals surface area contributed by atoms with Crippen molar-refractivity contribution in [1.29, 1.82) is 0 Å². The monoisotopic (exact) mass is 390 g/mol. The number of hydrogen-bond donors (Lipinski definition) is 2. The highest BCUT2D eigenvalue weighted by atomic mass is 16.5. The highest BCUT2D eigenvalue weighted by Crippen LogP contribution is 2.18. The van der Waals surface area contributed by atoms with Gasteiger partial charge in [0.05, 0.1) is 12.7 Å². The second-order valence-corrected chi connectivity index (χ2v) is 6.38. The molecule has 2 aromatic carbocycles. The van der Waals surface area contributed by atoms with Gasteiger partial charge in [0.1, 0.15) is 17.3 Å². The van der Waals surface area contributed by atoms with E-state index in [1.165, 1.54) is 12.7 Å². The number of carbonyl (C=O) groups excluding carboxylic acids is 2. The molecular weight excluding hydrogens is 368 g/mol. The molecule has 1 amide bonds. The average molecular weight is 390 g/mol. The maximum atomic E-state index is 12.6. The summed E-state index contributed by atoms with van der Waals surface area (Å²) in [5.41, 5.74) is 3.33. The Kier molecular flexibility index (Phi) is 6.19. The minimum Gasteiger partial charge on any atom is -0.465 e. The molecule has 3 rings (SSSR count). The topological polar surface area (TPSA) is 93.2 Å². The van der Waals surface area contributed by atoms with Crippen molar-refractivity contribution in [3.8, 4) is 0 Å². The van der Waals surface area contributed by atoms with E-state index in [4.69, 9.17) is 0 Å². The van der Waals surface area contributed by atoms with E-state index in [0.717, 1.165) is 12.1 Å². The van der Waals surface area contributed by atoms with Gasteiger partial charge in [0, 0.05) is 17.4 Å². The van der Waals surface area contributed by atoms with Crippen molar-refractivity contribution in [2.75, 3.05) is 17.7 Å². The second-order valence-electron chi connectivity index (χ2n) is 6.38. The van der Waals surface area contributed by atoms with Gasteiger partial charge in [-0.05, 0) is 55.3 Å². The van der Waals surface area contributed by atoms with E-state index in [1.807, 2.05) is 24.3 Å². The zero-order valence-corrected chi connectivity index (χ0v) is 16.5. The molecule has 0 spiro atoms. The third-order valence-corrected chi connectivity index (χ3v) is 4.27. The van der Waals surface area contributed by atoms with Crippen LogP contribution in [0.5, 0.6) is 0 Å². The van der Waals surface area contributed by atoms with Crippen molar-refractivity contribution in [3.63, 3.8) is 0 Å². The lowest BCUT2D eigenvalue weighted by Crippen LogP contribution is -2.15. The Morgan fingerprint density at radius 3 is 2.24 bits per heavy atom. The molecule has 148 valence electrons. The van der Waals surface area contributed by atoms with E-state index in [2.05, 4.69) is 32.3 Å². The van der Waals surface area contributed by atoms with Crippen LogP contribution in [-0.2, 0) is 11.2 Å². The molecule has 1 heterocycles. The SMILES string of the molecule is CCc1ccc(NC(=O)c2cc(Nc3ccc(C(=O)OC)cc3)nc(C)n2)cc1. The maximum Gasteiger partial charge on any atom is 0.337 e. The Balaban J connectivity index is 1.74. The fourth-order valence-electron chi connectivity index (χ4n) is 2.72. The highest BCUT2D eigenvalue weighted by molar-refractivity contribution is 6.03. The molecule has 0 saturated carbocycles. The van der Waals surface area contributed by atoms with E-state index in [-0.39, 0.29) is 11.6 Å². The van der Waals surface area contributed by atoms with Gasteiger partial charge in [-0.15, -0.1) is 0 Å². The summed E-state index contributed by atoms with van der Waals surface area (Å²) in [6, 6.07) is 16.0. The van der Waals surface area contributed by atoms with Crippen LogP contribution < -0.4 is 10.6 Å². The number of aryl methyl sites for hydroxylation is 2. The summed E-state index contributed by atoms with van der Waals surface area (Å²) in [4.78, 5) is 32.7. The number of rotatable bonds is 6.